The number of rotatable bonds is 5. The van der Waals surface area contributed by atoms with E-state index in [1.54, 1.807) is 0 Å². The maximum absolute atomic E-state index is 11.9. The number of methoxy groups -OCH3 is 1. The fourth-order valence-electron chi connectivity index (χ4n) is 1.93. The Morgan fingerprint density at radius 2 is 2.26 bits per heavy atom. The average Bonchev–Trinajstić information content (AvgIpc) is 2.86. The van der Waals surface area contributed by atoms with E-state index in [0.29, 0.717) is 13.0 Å². The Morgan fingerprint density at radius 3 is 2.79 bits per heavy atom. The molecule has 1 aliphatic heterocycles. The van der Waals surface area contributed by atoms with Crippen molar-refractivity contribution in [3.05, 3.63) is 12.7 Å². The average molecular weight is 270 g/mol. The van der Waals surface area contributed by atoms with E-state index in [1.807, 2.05) is 0 Å². The van der Waals surface area contributed by atoms with Crippen LogP contribution in [0, 0.1) is 5.92 Å². The standard InChI is InChI=1S/C12H18N2O5/c1-3-4-9(10(15)16)13-12(18)14-6-5-8(7-14)11(17)19-2/h3,8-9H,1,4-7H2,2H3,(H,13,18)(H,15,16). The van der Waals surface area contributed by atoms with E-state index < -0.39 is 18.0 Å². The van der Waals surface area contributed by atoms with E-state index >= 15 is 0 Å². The van der Waals surface area contributed by atoms with Crippen LogP contribution in [0.25, 0.3) is 0 Å². The van der Waals surface area contributed by atoms with Gasteiger partial charge in [0.2, 0.25) is 0 Å². The third-order valence-corrected chi connectivity index (χ3v) is 3.01. The van der Waals surface area contributed by atoms with Crippen LogP contribution in [0.4, 0.5) is 4.79 Å². The van der Waals surface area contributed by atoms with Crippen LogP contribution in [0.15, 0.2) is 12.7 Å². The number of hydrogen-bond donors (Lipinski definition) is 2. The number of carbonyl (C=O) groups excluding carboxylic acids is 2. The Bertz CT molecular complexity index is 382. The van der Waals surface area contributed by atoms with Crippen molar-refractivity contribution in [3.63, 3.8) is 0 Å². The largest absolute Gasteiger partial charge is 0.480 e. The maximum atomic E-state index is 11.9. The summed E-state index contributed by atoms with van der Waals surface area (Å²) in [6, 6.07) is -1.48. The van der Waals surface area contributed by atoms with Gasteiger partial charge in [-0.1, -0.05) is 6.08 Å². The van der Waals surface area contributed by atoms with Gasteiger partial charge in [0.25, 0.3) is 0 Å². The highest BCUT2D eigenvalue weighted by molar-refractivity contribution is 5.83. The van der Waals surface area contributed by atoms with Crippen molar-refractivity contribution in [2.45, 2.75) is 18.9 Å². The van der Waals surface area contributed by atoms with Crippen LogP contribution < -0.4 is 5.32 Å². The number of likely N-dealkylation sites (tertiary alicyclic amines) is 1. The molecule has 106 valence electrons. The van der Waals surface area contributed by atoms with Crippen molar-refractivity contribution in [3.8, 4) is 0 Å². The Hall–Kier alpha value is -2.05. The number of nitrogens with one attached hydrogen (secondary N) is 1. The number of hydrogen-bond acceptors (Lipinski definition) is 4. The molecule has 0 spiro atoms. The summed E-state index contributed by atoms with van der Waals surface area (Å²) in [7, 11) is 1.30. The van der Waals surface area contributed by atoms with E-state index in [2.05, 4.69) is 16.6 Å². The first-order chi connectivity index (χ1) is 8.99. The number of nitrogens with zero attached hydrogens (tertiary/aromatic N) is 1. The summed E-state index contributed by atoms with van der Waals surface area (Å²) < 4.78 is 4.62. The van der Waals surface area contributed by atoms with E-state index in [1.165, 1.54) is 18.1 Å². The van der Waals surface area contributed by atoms with Crippen molar-refractivity contribution in [2.75, 3.05) is 20.2 Å². The van der Waals surface area contributed by atoms with Gasteiger partial charge in [0.15, 0.2) is 0 Å². The molecule has 0 saturated carbocycles. The highest BCUT2D eigenvalue weighted by atomic mass is 16.5. The molecule has 0 radical (unpaired) electrons. The van der Waals surface area contributed by atoms with Crippen LogP contribution in [-0.2, 0) is 14.3 Å². The summed E-state index contributed by atoms with van der Waals surface area (Å²) in [6.07, 6.45) is 2.11. The summed E-state index contributed by atoms with van der Waals surface area (Å²) in [5.74, 6) is -1.80. The third-order valence-electron chi connectivity index (χ3n) is 3.01. The topological polar surface area (TPSA) is 95.9 Å². The number of carbonyl (C=O) groups is 3. The van der Waals surface area contributed by atoms with Gasteiger partial charge in [0.1, 0.15) is 6.04 Å². The van der Waals surface area contributed by atoms with Gasteiger partial charge in [-0.25, -0.2) is 9.59 Å². The number of esters is 1. The molecule has 0 bridgehead atoms. The van der Waals surface area contributed by atoms with E-state index in [0.717, 1.165) is 0 Å². The molecule has 2 atom stereocenters. The molecule has 0 aromatic heterocycles. The zero-order valence-electron chi connectivity index (χ0n) is 10.8. The number of carboxylic acid groups (broad SMARTS) is 1. The van der Waals surface area contributed by atoms with Crippen LogP contribution in [0.3, 0.4) is 0 Å². The van der Waals surface area contributed by atoms with Crippen molar-refractivity contribution >= 4 is 18.0 Å². The SMILES string of the molecule is C=CCC(NC(=O)N1CCC(C(=O)OC)C1)C(=O)O. The molecule has 0 aliphatic carbocycles. The molecule has 2 N–H and O–H groups in total. The molecule has 0 aromatic rings. The fraction of sp³-hybridized carbons (Fsp3) is 0.583. The van der Waals surface area contributed by atoms with Crippen molar-refractivity contribution in [1.82, 2.24) is 10.2 Å². The van der Waals surface area contributed by atoms with Crippen LogP contribution in [-0.4, -0.2) is 54.2 Å². The normalized spacial score (nSPS) is 19.6. The minimum absolute atomic E-state index is 0.148. The van der Waals surface area contributed by atoms with E-state index in [-0.39, 0.29) is 24.9 Å². The molecule has 19 heavy (non-hydrogen) atoms. The monoisotopic (exact) mass is 270 g/mol. The second-order valence-corrected chi connectivity index (χ2v) is 4.32. The smallest absolute Gasteiger partial charge is 0.326 e. The van der Waals surface area contributed by atoms with Crippen LogP contribution in [0.5, 0.6) is 0 Å². The van der Waals surface area contributed by atoms with Gasteiger partial charge >= 0.3 is 18.0 Å². The number of carboxylic acids is 1. The Morgan fingerprint density at radius 1 is 1.58 bits per heavy atom. The predicted molar refractivity (Wildman–Crippen MR) is 66.5 cm³/mol. The molecule has 1 aliphatic rings. The summed E-state index contributed by atoms with van der Waals surface area (Å²) in [6.45, 7) is 4.10. The number of amides is 2. The molecule has 1 fully saturated rings. The van der Waals surface area contributed by atoms with Crippen molar-refractivity contribution < 1.29 is 24.2 Å². The molecule has 2 amide bonds. The van der Waals surface area contributed by atoms with Gasteiger partial charge in [-0.05, 0) is 12.8 Å². The van der Waals surface area contributed by atoms with Crippen LogP contribution in [0.2, 0.25) is 0 Å². The Balaban J connectivity index is 2.53. The van der Waals surface area contributed by atoms with Gasteiger partial charge in [-0.3, -0.25) is 4.79 Å². The zero-order valence-corrected chi connectivity index (χ0v) is 10.8. The molecule has 0 aromatic carbocycles. The molecular formula is C12H18N2O5. The first-order valence-corrected chi connectivity index (χ1v) is 5.96. The third kappa shape index (κ3) is 3.97. The first kappa shape index (κ1) is 15.0. The summed E-state index contributed by atoms with van der Waals surface area (Å²) in [4.78, 5) is 35.5. The fourth-order valence-corrected chi connectivity index (χ4v) is 1.93. The summed E-state index contributed by atoms with van der Waals surface area (Å²) in [5.41, 5.74) is 0. The second-order valence-electron chi connectivity index (χ2n) is 4.32. The van der Waals surface area contributed by atoms with Gasteiger partial charge in [-0.2, -0.15) is 0 Å². The lowest BCUT2D eigenvalue weighted by Gasteiger charge is -2.20. The van der Waals surface area contributed by atoms with Crippen molar-refractivity contribution in [1.29, 1.82) is 0 Å². The molecule has 7 heteroatoms. The van der Waals surface area contributed by atoms with Gasteiger partial charge in [-0.15, -0.1) is 6.58 Å². The maximum Gasteiger partial charge on any atom is 0.326 e. The first-order valence-electron chi connectivity index (χ1n) is 5.96. The zero-order chi connectivity index (χ0) is 14.4. The quantitative estimate of drug-likeness (QED) is 0.550. The molecule has 1 rings (SSSR count). The lowest BCUT2D eigenvalue weighted by atomic mass is 10.1. The molecular weight excluding hydrogens is 252 g/mol. The molecule has 7 nitrogen and oxygen atoms in total. The number of aliphatic carboxylic acids is 1. The minimum atomic E-state index is -1.11. The Labute approximate surface area is 111 Å². The lowest BCUT2D eigenvalue weighted by molar-refractivity contribution is -0.145. The second kappa shape index (κ2) is 6.77. The molecule has 1 saturated heterocycles. The highest BCUT2D eigenvalue weighted by Gasteiger charge is 2.32. The molecule has 2 unspecified atom stereocenters. The van der Waals surface area contributed by atoms with E-state index in [4.69, 9.17) is 5.11 Å². The van der Waals surface area contributed by atoms with Gasteiger partial charge in [0.05, 0.1) is 13.0 Å². The summed E-state index contributed by atoms with van der Waals surface area (Å²) in [5, 5.41) is 11.3. The van der Waals surface area contributed by atoms with E-state index in [9.17, 15) is 14.4 Å². The predicted octanol–water partition coefficient (Wildman–Crippen LogP) is 0.220. The minimum Gasteiger partial charge on any atom is -0.480 e. The van der Waals surface area contributed by atoms with Gasteiger partial charge in [0, 0.05) is 13.1 Å². The number of ether oxygens (including phenoxy) is 1. The Kier molecular flexibility index (Phi) is 5.35. The lowest BCUT2D eigenvalue weighted by Crippen LogP contribution is -2.47. The summed E-state index contributed by atoms with van der Waals surface area (Å²) >= 11 is 0. The van der Waals surface area contributed by atoms with Crippen LogP contribution in [0.1, 0.15) is 12.8 Å². The van der Waals surface area contributed by atoms with Crippen molar-refractivity contribution in [2.24, 2.45) is 5.92 Å². The van der Waals surface area contributed by atoms with Gasteiger partial charge < -0.3 is 20.1 Å². The number of urea groups is 1. The highest BCUT2D eigenvalue weighted by Crippen LogP contribution is 2.17. The van der Waals surface area contributed by atoms with Crippen LogP contribution >= 0.6 is 0 Å². The molecule has 1 heterocycles.